The highest BCUT2D eigenvalue weighted by molar-refractivity contribution is 7.99. The van der Waals surface area contributed by atoms with Gasteiger partial charge in [-0.1, -0.05) is 11.8 Å². The zero-order chi connectivity index (χ0) is 31.2. The number of nitrogens with zero attached hydrogens (tertiary/aromatic N) is 6. The van der Waals surface area contributed by atoms with E-state index in [2.05, 4.69) is 14.8 Å². The van der Waals surface area contributed by atoms with Crippen LogP contribution >= 0.6 is 11.8 Å². The third kappa shape index (κ3) is 5.67. The number of aromatic nitrogens is 3. The first-order valence-corrected chi connectivity index (χ1v) is 16.3. The van der Waals surface area contributed by atoms with Gasteiger partial charge in [-0.2, -0.15) is 0 Å². The minimum absolute atomic E-state index is 0.188. The zero-order valence-corrected chi connectivity index (χ0v) is 27.0. The maximum Gasteiger partial charge on any atom is 0.408 e. The Morgan fingerprint density at radius 3 is 2.70 bits per heavy atom. The molecule has 0 bridgehead atoms. The van der Waals surface area contributed by atoms with Gasteiger partial charge in [0.15, 0.2) is 17.4 Å². The van der Waals surface area contributed by atoms with Crippen LogP contribution in [0, 0.1) is 11.3 Å². The number of hydrogen-bond acceptors (Lipinski definition) is 11. The van der Waals surface area contributed by atoms with Crippen LogP contribution in [0.3, 0.4) is 0 Å². The van der Waals surface area contributed by atoms with Crippen molar-refractivity contribution >= 4 is 29.5 Å². The molecule has 2 aromatic rings. The van der Waals surface area contributed by atoms with E-state index >= 15 is 0 Å². The number of ether oxygens (including phenoxy) is 3. The average molecular weight is 629 g/mol. The molecule has 6 heterocycles. The van der Waals surface area contributed by atoms with Crippen molar-refractivity contribution in [3.05, 3.63) is 24.2 Å². The number of hydrogen-bond donors (Lipinski definition) is 2. The molecule has 0 unspecified atom stereocenters. The second-order valence-electron chi connectivity index (χ2n) is 13.5. The van der Waals surface area contributed by atoms with Gasteiger partial charge in [0.2, 0.25) is 0 Å². The van der Waals surface area contributed by atoms with E-state index in [1.165, 1.54) is 11.8 Å². The lowest BCUT2D eigenvalue weighted by atomic mass is 9.71. The molecule has 12 nitrogen and oxygen atoms in total. The maximum absolute atomic E-state index is 12.4. The van der Waals surface area contributed by atoms with E-state index in [4.69, 9.17) is 24.2 Å². The van der Waals surface area contributed by atoms with Crippen molar-refractivity contribution in [2.45, 2.75) is 87.2 Å². The number of aliphatic hydroxyl groups excluding tert-OH is 1. The summed E-state index contributed by atoms with van der Waals surface area (Å²) in [5.74, 6) is 2.74. The number of aliphatic hydroxyl groups is 1. The van der Waals surface area contributed by atoms with Gasteiger partial charge in [0.05, 0.1) is 49.1 Å². The molecule has 0 aliphatic carbocycles. The van der Waals surface area contributed by atoms with Crippen molar-refractivity contribution in [3.63, 3.8) is 0 Å². The maximum atomic E-state index is 12.4. The molecule has 3 saturated heterocycles. The van der Waals surface area contributed by atoms with Gasteiger partial charge < -0.3 is 34.2 Å². The standard InChI is InChI=1S/C31H44N6O6S/c1-19-26(37(29(39)40)30(2,3)4)31(18-43-19)7-10-35(11-8-31)27-22(15-38)34-24(13-33-27)44-23-6-9-32-28-25(23)42-17-21-12-20(16-41-5)14-36(21)28/h6,9,13,19-21,26,38H,7-8,10-12,14-18H2,1-5H3,(H,39,40)/t19-,20-,21-,26+/m0/s1. The molecule has 4 aliphatic heterocycles. The van der Waals surface area contributed by atoms with Crippen molar-refractivity contribution in [1.29, 1.82) is 0 Å². The van der Waals surface area contributed by atoms with Crippen LogP contribution in [-0.2, 0) is 16.1 Å². The molecule has 6 rings (SSSR count). The average Bonchev–Trinajstić information content (AvgIpc) is 3.54. The molecule has 1 spiro atoms. The predicted molar refractivity (Wildman–Crippen MR) is 166 cm³/mol. The normalized spacial score (nSPS) is 26.0. The molecule has 0 aromatic carbocycles. The molecule has 2 aromatic heterocycles. The molecule has 13 heteroatoms. The lowest BCUT2D eigenvalue weighted by Gasteiger charge is -2.49. The van der Waals surface area contributed by atoms with Gasteiger partial charge in [-0.25, -0.2) is 19.7 Å². The summed E-state index contributed by atoms with van der Waals surface area (Å²) in [7, 11) is 1.74. The molecule has 0 saturated carbocycles. The van der Waals surface area contributed by atoms with Crippen molar-refractivity contribution in [2.24, 2.45) is 11.3 Å². The van der Waals surface area contributed by atoms with E-state index < -0.39 is 11.6 Å². The highest BCUT2D eigenvalue weighted by Crippen LogP contribution is 2.48. The number of piperidine rings is 1. The van der Waals surface area contributed by atoms with E-state index in [1.807, 2.05) is 33.8 Å². The zero-order valence-electron chi connectivity index (χ0n) is 26.2. The summed E-state index contributed by atoms with van der Waals surface area (Å²) in [5.41, 5.74) is -0.304. The number of rotatable bonds is 7. The fourth-order valence-corrected chi connectivity index (χ4v) is 8.48. The fourth-order valence-electron chi connectivity index (χ4n) is 7.63. The molecule has 3 fully saturated rings. The number of pyridine rings is 1. The highest BCUT2D eigenvalue weighted by Gasteiger charge is 2.55. The van der Waals surface area contributed by atoms with Gasteiger partial charge >= 0.3 is 6.09 Å². The molecular formula is C31H44N6O6S. The number of carboxylic acid groups (broad SMARTS) is 1. The van der Waals surface area contributed by atoms with Gasteiger partial charge in [0, 0.05) is 49.8 Å². The van der Waals surface area contributed by atoms with Crippen LogP contribution in [0.15, 0.2) is 28.4 Å². The van der Waals surface area contributed by atoms with E-state index in [9.17, 15) is 15.0 Å². The summed E-state index contributed by atoms with van der Waals surface area (Å²) < 4.78 is 17.7. The van der Waals surface area contributed by atoms with Gasteiger partial charge in [-0.3, -0.25) is 4.90 Å². The van der Waals surface area contributed by atoms with Crippen molar-refractivity contribution < 1.29 is 29.2 Å². The summed E-state index contributed by atoms with van der Waals surface area (Å²) in [4.78, 5) is 33.6. The van der Waals surface area contributed by atoms with Crippen molar-refractivity contribution in [1.82, 2.24) is 19.9 Å². The third-order valence-electron chi connectivity index (χ3n) is 9.58. The van der Waals surface area contributed by atoms with Gasteiger partial charge in [0.1, 0.15) is 17.3 Å². The Hall–Kier alpha value is -2.87. The number of methoxy groups -OCH3 is 1. The molecule has 0 radical (unpaired) electrons. The summed E-state index contributed by atoms with van der Waals surface area (Å²) in [6.45, 7) is 11.7. The van der Waals surface area contributed by atoms with Crippen molar-refractivity contribution in [3.8, 4) is 5.75 Å². The first-order valence-electron chi connectivity index (χ1n) is 15.5. The Kier molecular flexibility index (Phi) is 8.59. The monoisotopic (exact) mass is 628 g/mol. The minimum atomic E-state index is -0.917. The molecule has 1 amide bonds. The molecule has 44 heavy (non-hydrogen) atoms. The summed E-state index contributed by atoms with van der Waals surface area (Å²) in [6.07, 6.45) is 5.00. The predicted octanol–water partition coefficient (Wildman–Crippen LogP) is 3.90. The highest BCUT2D eigenvalue weighted by atomic mass is 32.2. The Balaban J connectivity index is 1.17. The van der Waals surface area contributed by atoms with E-state index in [0.717, 1.165) is 48.9 Å². The molecule has 4 atom stereocenters. The first-order chi connectivity index (χ1) is 21.0. The topological polar surface area (TPSA) is 134 Å². The summed E-state index contributed by atoms with van der Waals surface area (Å²) >= 11 is 1.46. The van der Waals surface area contributed by atoms with Gasteiger partial charge in [-0.15, -0.1) is 0 Å². The lowest BCUT2D eigenvalue weighted by Crippen LogP contribution is -2.61. The van der Waals surface area contributed by atoms with E-state index in [1.54, 1.807) is 24.4 Å². The van der Waals surface area contributed by atoms with Crippen LogP contribution in [0.5, 0.6) is 5.75 Å². The van der Waals surface area contributed by atoms with Crippen molar-refractivity contribution in [2.75, 3.05) is 56.4 Å². The largest absolute Gasteiger partial charge is 0.486 e. The molecular weight excluding hydrogens is 584 g/mol. The van der Waals surface area contributed by atoms with Crippen LogP contribution in [0.1, 0.15) is 52.7 Å². The Morgan fingerprint density at radius 1 is 1.25 bits per heavy atom. The Labute approximate surface area is 263 Å². The summed E-state index contributed by atoms with van der Waals surface area (Å²) in [6, 6.07) is 2.00. The minimum Gasteiger partial charge on any atom is -0.486 e. The van der Waals surface area contributed by atoms with Crippen LogP contribution in [0.2, 0.25) is 0 Å². The number of fused-ring (bicyclic) bond motifs is 3. The van der Waals surface area contributed by atoms with E-state index in [-0.39, 0.29) is 24.2 Å². The first kappa shape index (κ1) is 31.1. The second-order valence-corrected chi connectivity index (χ2v) is 14.6. The van der Waals surface area contributed by atoms with Gasteiger partial charge in [0.25, 0.3) is 0 Å². The number of amides is 1. The lowest BCUT2D eigenvalue weighted by molar-refractivity contribution is 0.00840. The number of carbonyl (C=O) groups is 1. The summed E-state index contributed by atoms with van der Waals surface area (Å²) in [5, 5.41) is 21.2. The molecule has 240 valence electrons. The smallest absolute Gasteiger partial charge is 0.408 e. The second kappa shape index (κ2) is 12.1. The van der Waals surface area contributed by atoms with Crippen LogP contribution in [0.25, 0.3) is 0 Å². The number of anilines is 2. The van der Waals surface area contributed by atoms with Crippen LogP contribution in [-0.4, -0.2) is 106 Å². The SMILES string of the molecule is COC[C@H]1C[C@H]2COc3c(Sc4cnc(N5CCC6(CC5)CO[C@@H](C)[C@H]6N(C(=O)O)C(C)(C)C)c(CO)n4)ccnc3N2C1. The Bertz CT molecular complexity index is 1370. The van der Waals surface area contributed by atoms with E-state index in [0.29, 0.717) is 54.8 Å². The van der Waals surface area contributed by atoms with Crippen LogP contribution < -0.4 is 14.5 Å². The quantitative estimate of drug-likeness (QED) is 0.461. The van der Waals surface area contributed by atoms with Crippen LogP contribution in [0.4, 0.5) is 16.4 Å². The fraction of sp³-hybridized carbons (Fsp3) is 0.677. The Morgan fingerprint density at radius 2 is 2.02 bits per heavy atom. The third-order valence-corrected chi connectivity index (χ3v) is 10.5. The van der Waals surface area contributed by atoms with Gasteiger partial charge in [-0.05, 0) is 53.0 Å². The molecule has 4 aliphatic rings. The molecule has 2 N–H and O–H groups in total.